The lowest BCUT2D eigenvalue weighted by Crippen LogP contribution is -2.36. The summed E-state index contributed by atoms with van der Waals surface area (Å²) in [5.74, 6) is 0. The van der Waals surface area contributed by atoms with Gasteiger partial charge in [-0.2, -0.15) is 0 Å². The van der Waals surface area contributed by atoms with Crippen LogP contribution in [0.2, 0.25) is 0 Å². The molecular weight excluding hydrogens is 320 g/mol. The molecule has 5 heteroatoms. The molecule has 1 heterocycles. The number of carbonyl (C=O) groups excluding carboxylic acids is 1. The predicted molar refractivity (Wildman–Crippen MR) is 82.3 cm³/mol. The third kappa shape index (κ3) is 3.73. The average molecular weight is 341 g/mol. The molecule has 20 heavy (non-hydrogen) atoms. The summed E-state index contributed by atoms with van der Waals surface area (Å²) in [4.78, 5) is 13.9. The van der Waals surface area contributed by atoms with Crippen LogP contribution in [-0.2, 0) is 11.3 Å². The number of hydrogen-bond acceptors (Lipinski definition) is 3. The number of amides is 1. The molecule has 2 rings (SSSR count). The molecule has 0 radical (unpaired) electrons. The monoisotopic (exact) mass is 340 g/mol. The molecule has 0 saturated carbocycles. The van der Waals surface area contributed by atoms with E-state index in [1.54, 1.807) is 4.90 Å². The van der Waals surface area contributed by atoms with Crippen LogP contribution in [0.25, 0.3) is 0 Å². The second kappa shape index (κ2) is 5.74. The minimum atomic E-state index is -0.478. The van der Waals surface area contributed by atoms with Gasteiger partial charge in [0.25, 0.3) is 0 Å². The van der Waals surface area contributed by atoms with Gasteiger partial charge in [0.1, 0.15) is 5.60 Å². The van der Waals surface area contributed by atoms with E-state index in [0.717, 1.165) is 22.0 Å². The van der Waals surface area contributed by atoms with Gasteiger partial charge in [0.2, 0.25) is 0 Å². The Labute approximate surface area is 128 Å². The van der Waals surface area contributed by atoms with Gasteiger partial charge in [0, 0.05) is 23.6 Å². The minimum absolute atomic E-state index is 0.0464. The van der Waals surface area contributed by atoms with Gasteiger partial charge in [-0.1, -0.05) is 22.0 Å². The lowest BCUT2D eigenvalue weighted by Gasteiger charge is -2.26. The first-order valence-electron chi connectivity index (χ1n) is 6.78. The lowest BCUT2D eigenvalue weighted by molar-refractivity contribution is 0.0235. The average Bonchev–Trinajstić information content (AvgIpc) is 2.48. The fourth-order valence-corrected chi connectivity index (χ4v) is 2.65. The maximum Gasteiger partial charge on any atom is 0.410 e. The van der Waals surface area contributed by atoms with Gasteiger partial charge in [-0.25, -0.2) is 4.79 Å². The lowest BCUT2D eigenvalue weighted by atomic mass is 10.0. The van der Waals surface area contributed by atoms with Crippen molar-refractivity contribution in [2.45, 2.75) is 45.4 Å². The maximum atomic E-state index is 12.2. The summed E-state index contributed by atoms with van der Waals surface area (Å²) in [7, 11) is 0. The molecule has 0 spiro atoms. The van der Waals surface area contributed by atoms with Crippen molar-refractivity contribution >= 4 is 22.0 Å². The van der Waals surface area contributed by atoms with Gasteiger partial charge < -0.3 is 15.4 Å². The van der Waals surface area contributed by atoms with Crippen LogP contribution in [0.1, 0.15) is 44.4 Å². The standard InChI is InChI=1S/C15H21BrN2O2/c1-15(2,3)20-14(19)18-7-6-13(17)12-8-11(16)5-4-10(12)9-18/h4-5,8,13H,6-7,9,17H2,1-3H3/t13-/m0/s1. The van der Waals surface area contributed by atoms with Crippen LogP contribution in [-0.4, -0.2) is 23.1 Å². The fraction of sp³-hybridized carbons (Fsp3) is 0.533. The van der Waals surface area contributed by atoms with Crippen LogP contribution in [0.15, 0.2) is 22.7 Å². The van der Waals surface area contributed by atoms with E-state index in [2.05, 4.69) is 15.9 Å². The maximum absolute atomic E-state index is 12.2. The van der Waals surface area contributed by atoms with Gasteiger partial charge in [-0.05, 0) is 50.5 Å². The Hall–Kier alpha value is -1.07. The highest BCUT2D eigenvalue weighted by atomic mass is 79.9. The molecule has 110 valence electrons. The minimum Gasteiger partial charge on any atom is -0.444 e. The van der Waals surface area contributed by atoms with Crippen molar-refractivity contribution in [3.05, 3.63) is 33.8 Å². The number of nitrogens with two attached hydrogens (primary N) is 1. The first-order valence-corrected chi connectivity index (χ1v) is 7.57. The summed E-state index contributed by atoms with van der Waals surface area (Å²) in [6.07, 6.45) is 0.461. The molecule has 0 aromatic heterocycles. The van der Waals surface area contributed by atoms with Gasteiger partial charge in [0.05, 0.1) is 0 Å². The Morgan fingerprint density at radius 2 is 2.15 bits per heavy atom. The molecule has 0 saturated heterocycles. The smallest absolute Gasteiger partial charge is 0.410 e. The number of rotatable bonds is 0. The SMILES string of the molecule is CC(C)(C)OC(=O)N1CC[C@H](N)c2cc(Br)ccc2C1. The summed E-state index contributed by atoms with van der Waals surface area (Å²) in [6, 6.07) is 5.99. The van der Waals surface area contributed by atoms with Crippen molar-refractivity contribution < 1.29 is 9.53 Å². The Morgan fingerprint density at radius 1 is 1.45 bits per heavy atom. The molecule has 4 nitrogen and oxygen atoms in total. The van der Waals surface area contributed by atoms with Crippen LogP contribution in [0.5, 0.6) is 0 Å². The Bertz CT molecular complexity index is 511. The van der Waals surface area contributed by atoms with E-state index < -0.39 is 5.60 Å². The second-order valence-corrected chi connectivity index (χ2v) is 7.06. The fourth-order valence-electron chi connectivity index (χ4n) is 2.27. The third-order valence-corrected chi connectivity index (χ3v) is 3.72. The second-order valence-electron chi connectivity index (χ2n) is 6.14. The molecule has 1 aliphatic rings. The number of carbonyl (C=O) groups is 1. The van der Waals surface area contributed by atoms with E-state index in [1.807, 2.05) is 39.0 Å². The highest BCUT2D eigenvalue weighted by Crippen LogP contribution is 2.28. The molecule has 1 aromatic carbocycles. The van der Waals surface area contributed by atoms with E-state index in [1.165, 1.54) is 0 Å². The largest absolute Gasteiger partial charge is 0.444 e. The predicted octanol–water partition coefficient (Wildman–Crippen LogP) is 3.59. The first kappa shape index (κ1) is 15.3. The third-order valence-electron chi connectivity index (χ3n) is 3.23. The number of benzene rings is 1. The number of fused-ring (bicyclic) bond motifs is 1. The zero-order chi connectivity index (χ0) is 14.9. The summed E-state index contributed by atoms with van der Waals surface area (Å²) in [5.41, 5.74) is 7.92. The number of ether oxygens (including phenoxy) is 1. The zero-order valence-electron chi connectivity index (χ0n) is 12.1. The van der Waals surface area contributed by atoms with Crippen LogP contribution in [0.3, 0.4) is 0 Å². The normalized spacial score (nSPS) is 19.2. The van der Waals surface area contributed by atoms with Crippen molar-refractivity contribution in [2.75, 3.05) is 6.54 Å². The van der Waals surface area contributed by atoms with Crippen LogP contribution < -0.4 is 5.73 Å². The van der Waals surface area contributed by atoms with Crippen molar-refractivity contribution in [1.82, 2.24) is 4.90 Å². The Balaban J connectivity index is 2.20. The van der Waals surface area contributed by atoms with Crippen LogP contribution >= 0.6 is 15.9 Å². The van der Waals surface area contributed by atoms with Crippen LogP contribution in [0, 0.1) is 0 Å². The number of nitrogens with zero attached hydrogens (tertiary/aromatic N) is 1. The van der Waals surface area contributed by atoms with Crippen LogP contribution in [0.4, 0.5) is 4.79 Å². The number of halogens is 1. The Morgan fingerprint density at radius 3 is 2.80 bits per heavy atom. The highest BCUT2D eigenvalue weighted by Gasteiger charge is 2.26. The zero-order valence-corrected chi connectivity index (χ0v) is 13.7. The Kier molecular flexibility index (Phi) is 4.39. The summed E-state index contributed by atoms with van der Waals surface area (Å²) in [6.45, 7) is 6.78. The van der Waals surface area contributed by atoms with E-state index >= 15 is 0 Å². The van der Waals surface area contributed by atoms with Crippen molar-refractivity contribution in [2.24, 2.45) is 5.73 Å². The van der Waals surface area contributed by atoms with Gasteiger partial charge in [-0.15, -0.1) is 0 Å². The van der Waals surface area contributed by atoms with E-state index in [4.69, 9.17) is 10.5 Å². The molecule has 1 atom stereocenters. The van der Waals surface area contributed by atoms with Gasteiger partial charge >= 0.3 is 6.09 Å². The van der Waals surface area contributed by atoms with Crippen molar-refractivity contribution in [1.29, 1.82) is 0 Å². The molecule has 1 aliphatic heterocycles. The summed E-state index contributed by atoms with van der Waals surface area (Å²) >= 11 is 3.47. The molecule has 0 bridgehead atoms. The van der Waals surface area contributed by atoms with E-state index in [0.29, 0.717) is 13.1 Å². The van der Waals surface area contributed by atoms with Crippen molar-refractivity contribution in [3.8, 4) is 0 Å². The summed E-state index contributed by atoms with van der Waals surface area (Å²) in [5, 5.41) is 0. The molecule has 2 N–H and O–H groups in total. The molecule has 0 unspecified atom stereocenters. The van der Waals surface area contributed by atoms with E-state index in [9.17, 15) is 4.79 Å². The quantitative estimate of drug-likeness (QED) is 0.785. The molecular formula is C15H21BrN2O2. The molecule has 1 amide bonds. The topological polar surface area (TPSA) is 55.6 Å². The summed E-state index contributed by atoms with van der Waals surface area (Å²) < 4.78 is 6.46. The molecule has 0 fully saturated rings. The van der Waals surface area contributed by atoms with Crippen molar-refractivity contribution in [3.63, 3.8) is 0 Å². The highest BCUT2D eigenvalue weighted by molar-refractivity contribution is 9.10. The van der Waals surface area contributed by atoms with Gasteiger partial charge in [-0.3, -0.25) is 0 Å². The first-order chi connectivity index (χ1) is 9.26. The van der Waals surface area contributed by atoms with E-state index in [-0.39, 0.29) is 12.1 Å². The number of hydrogen-bond donors (Lipinski definition) is 1. The molecule has 0 aliphatic carbocycles. The van der Waals surface area contributed by atoms with Gasteiger partial charge in [0.15, 0.2) is 0 Å². The molecule has 1 aromatic rings.